The van der Waals surface area contributed by atoms with Crippen LogP contribution in [0.4, 0.5) is 0 Å². The summed E-state index contributed by atoms with van der Waals surface area (Å²) in [4.78, 5) is 28.3. The molecular weight excluding hydrogens is 498 g/mol. The summed E-state index contributed by atoms with van der Waals surface area (Å²) in [6, 6.07) is 9.02. The van der Waals surface area contributed by atoms with Crippen molar-refractivity contribution in [3.8, 4) is 11.5 Å². The number of halogens is 1. The predicted octanol–water partition coefficient (Wildman–Crippen LogP) is 4.67. The van der Waals surface area contributed by atoms with Crippen molar-refractivity contribution < 1.29 is 19.4 Å². The first-order chi connectivity index (χ1) is 15.4. The van der Waals surface area contributed by atoms with Crippen molar-refractivity contribution in [2.75, 3.05) is 20.2 Å². The van der Waals surface area contributed by atoms with Gasteiger partial charge in [0, 0.05) is 49.3 Å². The minimum Gasteiger partial charge on any atom is -0.507 e. The van der Waals surface area contributed by atoms with Gasteiger partial charge in [0.2, 0.25) is 5.91 Å². The first kappa shape index (κ1) is 27.4. The number of benzene rings is 2. The number of hydrogen-bond donors (Lipinski definition) is 2. The van der Waals surface area contributed by atoms with Crippen LogP contribution < -0.4 is 4.74 Å². The van der Waals surface area contributed by atoms with Crippen molar-refractivity contribution in [1.82, 2.24) is 9.80 Å². The molecule has 184 valence electrons. The number of fused-ring (bicyclic) bond motifs is 1. The number of amidine groups is 1. The maximum atomic E-state index is 13.3. The maximum absolute atomic E-state index is 13.3. The minimum absolute atomic E-state index is 0. The van der Waals surface area contributed by atoms with Crippen LogP contribution in [0.3, 0.4) is 0 Å². The third-order valence-electron chi connectivity index (χ3n) is 5.92. The molecule has 34 heavy (non-hydrogen) atoms. The zero-order valence-electron chi connectivity index (χ0n) is 20.7. The van der Waals surface area contributed by atoms with E-state index in [0.29, 0.717) is 35.7 Å². The fourth-order valence-corrected chi connectivity index (χ4v) is 3.96. The highest BCUT2D eigenvalue weighted by Gasteiger charge is 2.28. The number of aromatic hydroxyl groups is 1. The molecule has 2 N–H and O–H groups in total. The molecule has 0 unspecified atom stereocenters. The fourth-order valence-electron chi connectivity index (χ4n) is 3.96. The second-order valence-electron chi connectivity index (χ2n) is 9.54. The van der Waals surface area contributed by atoms with Gasteiger partial charge in [-0.1, -0.05) is 20.8 Å². The van der Waals surface area contributed by atoms with Crippen molar-refractivity contribution in [2.45, 2.75) is 53.1 Å². The van der Waals surface area contributed by atoms with Gasteiger partial charge in [-0.3, -0.25) is 15.0 Å². The second-order valence-corrected chi connectivity index (χ2v) is 9.54. The van der Waals surface area contributed by atoms with Gasteiger partial charge in [0.05, 0.1) is 13.2 Å². The number of nitrogens with zero attached hydrogens (tertiary/aromatic N) is 2. The van der Waals surface area contributed by atoms with Crippen molar-refractivity contribution in [2.24, 2.45) is 0 Å². The minimum atomic E-state index is -0.393. The van der Waals surface area contributed by atoms with Crippen LogP contribution in [0.15, 0.2) is 30.3 Å². The Hall–Kier alpha value is -2.87. The summed E-state index contributed by atoms with van der Waals surface area (Å²) in [6.45, 7) is 10.6. The molecule has 1 heterocycles. The molecule has 0 fully saturated rings. The van der Waals surface area contributed by atoms with Crippen LogP contribution in [0.25, 0.3) is 0 Å². The van der Waals surface area contributed by atoms with E-state index in [9.17, 15) is 14.7 Å². The van der Waals surface area contributed by atoms with E-state index in [4.69, 9.17) is 10.1 Å². The number of hydrogen-bond acceptors (Lipinski definition) is 5. The highest BCUT2D eigenvalue weighted by atomic mass is 79.9. The quantitative estimate of drug-likeness (QED) is 0.506. The molecule has 0 atom stereocenters. The second kappa shape index (κ2) is 10.6. The average molecular weight is 532 g/mol. The summed E-state index contributed by atoms with van der Waals surface area (Å²) in [5, 5.41) is 19.4. The SMILES string of the molecule is Br.CCOc1ccc2c(c1)CN(CC(=O)c1cc(CN(C)C(C)=O)c(O)c(C(C)(C)C)c1)C2=N. The fraction of sp³-hybridized carbons (Fsp3) is 0.423. The van der Waals surface area contributed by atoms with E-state index < -0.39 is 5.41 Å². The number of rotatable bonds is 7. The molecule has 1 aliphatic rings. The summed E-state index contributed by atoms with van der Waals surface area (Å²) >= 11 is 0. The van der Waals surface area contributed by atoms with E-state index in [1.807, 2.05) is 45.9 Å². The largest absolute Gasteiger partial charge is 0.507 e. The summed E-state index contributed by atoms with van der Waals surface area (Å²) in [5.74, 6) is 0.905. The van der Waals surface area contributed by atoms with Crippen LogP contribution in [-0.4, -0.2) is 52.6 Å². The number of Topliss-reactive ketones (excluding diaryl/α,β-unsaturated/α-hetero) is 1. The predicted molar refractivity (Wildman–Crippen MR) is 138 cm³/mol. The maximum Gasteiger partial charge on any atom is 0.219 e. The zero-order chi connectivity index (χ0) is 24.5. The molecule has 0 saturated carbocycles. The van der Waals surface area contributed by atoms with Crippen LogP contribution in [0.1, 0.15) is 67.2 Å². The smallest absolute Gasteiger partial charge is 0.219 e. The molecule has 0 aliphatic carbocycles. The van der Waals surface area contributed by atoms with Crippen molar-refractivity contribution in [3.05, 3.63) is 58.1 Å². The number of phenolic OH excluding ortho intramolecular Hbond substituents is 1. The Morgan fingerprint density at radius 1 is 1.21 bits per heavy atom. The molecule has 7 nitrogen and oxygen atoms in total. The van der Waals surface area contributed by atoms with Crippen molar-refractivity contribution in [1.29, 1.82) is 5.41 Å². The van der Waals surface area contributed by atoms with Gasteiger partial charge < -0.3 is 19.6 Å². The number of carbonyl (C=O) groups is 2. The average Bonchev–Trinajstić information content (AvgIpc) is 3.03. The summed E-state index contributed by atoms with van der Waals surface area (Å²) in [6.07, 6.45) is 0. The Bertz CT molecular complexity index is 1110. The first-order valence-electron chi connectivity index (χ1n) is 11.1. The molecule has 2 aromatic carbocycles. The molecular formula is C26H34BrN3O4. The first-order valence-corrected chi connectivity index (χ1v) is 11.1. The lowest BCUT2D eigenvalue weighted by atomic mass is 9.83. The van der Waals surface area contributed by atoms with Crippen molar-refractivity contribution >= 4 is 34.5 Å². The van der Waals surface area contributed by atoms with Gasteiger partial charge >= 0.3 is 0 Å². The van der Waals surface area contributed by atoms with Crippen LogP contribution in [0, 0.1) is 5.41 Å². The molecule has 1 aliphatic heterocycles. The van der Waals surface area contributed by atoms with E-state index in [-0.39, 0.29) is 47.5 Å². The lowest BCUT2D eigenvalue weighted by molar-refractivity contribution is -0.128. The lowest BCUT2D eigenvalue weighted by Crippen LogP contribution is -2.30. The number of phenols is 1. The van der Waals surface area contributed by atoms with Gasteiger partial charge in [-0.25, -0.2) is 0 Å². The number of carbonyl (C=O) groups excluding carboxylic acids is 2. The normalized spacial score (nSPS) is 12.8. The number of amides is 1. The number of nitrogens with one attached hydrogen (secondary N) is 1. The van der Waals surface area contributed by atoms with E-state index in [1.165, 1.54) is 11.8 Å². The summed E-state index contributed by atoms with van der Waals surface area (Å²) in [5.41, 5.74) is 3.02. The molecule has 0 bridgehead atoms. The van der Waals surface area contributed by atoms with E-state index in [1.54, 1.807) is 24.1 Å². The zero-order valence-corrected chi connectivity index (χ0v) is 22.4. The van der Waals surface area contributed by atoms with Gasteiger partial charge in [0.1, 0.15) is 17.3 Å². The highest BCUT2D eigenvalue weighted by Crippen LogP contribution is 2.35. The highest BCUT2D eigenvalue weighted by molar-refractivity contribution is 8.93. The van der Waals surface area contributed by atoms with Gasteiger partial charge in [-0.05, 0) is 48.2 Å². The Morgan fingerprint density at radius 2 is 1.88 bits per heavy atom. The van der Waals surface area contributed by atoms with Crippen LogP contribution >= 0.6 is 17.0 Å². The third-order valence-corrected chi connectivity index (χ3v) is 5.92. The van der Waals surface area contributed by atoms with Crippen LogP contribution in [0.2, 0.25) is 0 Å². The Labute approximate surface area is 212 Å². The lowest BCUT2D eigenvalue weighted by Gasteiger charge is -2.25. The van der Waals surface area contributed by atoms with Gasteiger partial charge in [0.15, 0.2) is 5.78 Å². The third kappa shape index (κ3) is 5.78. The van der Waals surface area contributed by atoms with Gasteiger partial charge in [0.25, 0.3) is 0 Å². The van der Waals surface area contributed by atoms with Crippen LogP contribution in [0.5, 0.6) is 11.5 Å². The molecule has 0 saturated heterocycles. The molecule has 2 aromatic rings. The van der Waals surface area contributed by atoms with Crippen molar-refractivity contribution in [3.63, 3.8) is 0 Å². The molecule has 1 amide bonds. The van der Waals surface area contributed by atoms with Crippen LogP contribution in [-0.2, 0) is 23.3 Å². The van der Waals surface area contributed by atoms with E-state index in [2.05, 4.69) is 0 Å². The van der Waals surface area contributed by atoms with Gasteiger partial charge in [-0.15, -0.1) is 17.0 Å². The molecule has 8 heteroatoms. The molecule has 3 rings (SSSR count). The summed E-state index contributed by atoms with van der Waals surface area (Å²) < 4.78 is 5.56. The Kier molecular flexibility index (Phi) is 8.53. The standard InChI is InChI=1S/C26H33N3O4.BrH/c1-7-33-20-8-9-21-18(11-20)14-29(25(21)27)15-23(31)17-10-19(13-28(6)16(2)30)24(32)22(12-17)26(3,4)5;/h8-12,27,32H,7,13-15H2,1-6H3;1H. The molecule has 0 spiro atoms. The Morgan fingerprint density at radius 3 is 2.47 bits per heavy atom. The van der Waals surface area contributed by atoms with Gasteiger partial charge in [-0.2, -0.15) is 0 Å². The number of ketones is 1. The number of ether oxygens (including phenoxy) is 1. The Balaban J connectivity index is 0.00000408. The summed E-state index contributed by atoms with van der Waals surface area (Å²) in [7, 11) is 1.66. The molecule has 0 aromatic heterocycles. The molecule has 0 radical (unpaired) electrons. The van der Waals surface area contributed by atoms with E-state index >= 15 is 0 Å². The topological polar surface area (TPSA) is 93.9 Å². The monoisotopic (exact) mass is 531 g/mol. The van der Waals surface area contributed by atoms with E-state index in [0.717, 1.165) is 16.9 Å².